The summed E-state index contributed by atoms with van der Waals surface area (Å²) in [4.78, 5) is 1.83. The molecule has 216 valence electrons. The monoisotopic (exact) mass is 640 g/mol. The van der Waals surface area contributed by atoms with E-state index in [1.54, 1.807) is 54.2 Å². The molecule has 6 aromatic carbocycles. The van der Waals surface area contributed by atoms with Crippen LogP contribution < -0.4 is 36.6 Å². The Morgan fingerprint density at radius 2 is 0.818 bits per heavy atom. The molecule has 1 heterocycles. The Balaban J connectivity index is 1.39. The predicted molar refractivity (Wildman–Crippen MR) is 174 cm³/mol. The van der Waals surface area contributed by atoms with Crippen molar-refractivity contribution in [2.24, 2.45) is 0 Å². The largest absolute Gasteiger partial charge is 0.454 e. The fraction of sp³-hybridized carbons (Fsp3) is 0. The second kappa shape index (κ2) is 12.2. The summed E-state index contributed by atoms with van der Waals surface area (Å²) in [5.41, 5.74) is 0. The first-order chi connectivity index (χ1) is 21.4. The standard InChI is InChI=1S/C36H22F4OP2S/c37-23-10-16-27(17-11-23)42(28-18-12-24(38)13-19-28)31-6-2-8-33-35(31)41-36-32(7-3-9-34(36)44-33)43(29-20-14-25(39)15-21-29)30-5-1-4-26(40)22-30/h1-22H. The van der Waals surface area contributed by atoms with Gasteiger partial charge in [0.05, 0.1) is 9.79 Å². The molecule has 0 saturated carbocycles. The number of rotatable bonds is 6. The number of para-hydroxylation sites is 2. The Labute approximate surface area is 259 Å². The zero-order chi connectivity index (χ0) is 30.2. The fourth-order valence-corrected chi connectivity index (χ4v) is 11.1. The highest BCUT2D eigenvalue weighted by atomic mass is 32.2. The normalized spacial score (nSPS) is 12.8. The first kappa shape index (κ1) is 28.8. The quantitative estimate of drug-likeness (QED) is 0.135. The third-order valence-electron chi connectivity index (χ3n) is 7.14. The molecule has 0 amide bonds. The lowest BCUT2D eigenvalue weighted by atomic mass is 10.3. The van der Waals surface area contributed by atoms with Gasteiger partial charge in [-0.1, -0.05) is 84.6 Å². The Morgan fingerprint density at radius 3 is 1.25 bits per heavy atom. The SMILES string of the molecule is Fc1ccc(P(c2ccc(F)cc2)c2cccc3c2Oc2c(cccc2P(c2ccc(F)cc2)c2cccc(F)c2)S3)cc1. The molecule has 0 aromatic heterocycles. The molecule has 0 aliphatic carbocycles. The molecular formula is C36H22F4OP2S. The summed E-state index contributed by atoms with van der Waals surface area (Å²) in [6.45, 7) is 0. The molecule has 0 saturated heterocycles. The minimum absolute atomic E-state index is 0.338. The molecule has 0 radical (unpaired) electrons. The fourth-order valence-electron chi connectivity index (χ4n) is 5.19. The van der Waals surface area contributed by atoms with Gasteiger partial charge >= 0.3 is 0 Å². The van der Waals surface area contributed by atoms with Gasteiger partial charge in [-0.3, -0.25) is 0 Å². The molecule has 1 aliphatic heterocycles. The summed E-state index contributed by atoms with van der Waals surface area (Å²) < 4.78 is 63.4. The van der Waals surface area contributed by atoms with Crippen LogP contribution in [0.1, 0.15) is 0 Å². The number of halogens is 4. The van der Waals surface area contributed by atoms with E-state index in [9.17, 15) is 17.6 Å². The van der Waals surface area contributed by atoms with Crippen LogP contribution in [0.3, 0.4) is 0 Å². The van der Waals surface area contributed by atoms with Crippen LogP contribution >= 0.6 is 27.6 Å². The van der Waals surface area contributed by atoms with Crippen LogP contribution in [0.4, 0.5) is 17.6 Å². The predicted octanol–water partition coefficient (Wildman–Crippen LogP) is 8.02. The summed E-state index contributed by atoms with van der Waals surface area (Å²) >= 11 is 1.58. The number of hydrogen-bond acceptors (Lipinski definition) is 2. The Bertz CT molecular complexity index is 1920. The molecular weight excluding hydrogens is 618 g/mol. The highest BCUT2D eigenvalue weighted by Crippen LogP contribution is 2.51. The van der Waals surface area contributed by atoms with Crippen LogP contribution in [0.5, 0.6) is 11.5 Å². The molecule has 6 aromatic rings. The third kappa shape index (κ3) is 5.66. The minimum Gasteiger partial charge on any atom is -0.454 e. The van der Waals surface area contributed by atoms with Crippen molar-refractivity contribution in [3.05, 3.63) is 157 Å². The summed E-state index contributed by atoms with van der Waals surface area (Å²) in [5, 5.41) is 5.18. The average molecular weight is 641 g/mol. The average Bonchev–Trinajstić information content (AvgIpc) is 3.03. The summed E-state index contributed by atoms with van der Waals surface area (Å²) in [5.74, 6) is -0.0484. The lowest BCUT2D eigenvalue weighted by molar-refractivity contribution is 0.462. The Morgan fingerprint density at radius 1 is 0.409 bits per heavy atom. The number of ether oxygens (including phenoxy) is 1. The van der Waals surface area contributed by atoms with Crippen molar-refractivity contribution in [1.82, 2.24) is 0 Å². The summed E-state index contributed by atoms with van der Waals surface area (Å²) in [6.07, 6.45) is 0. The molecule has 44 heavy (non-hydrogen) atoms. The van der Waals surface area contributed by atoms with Gasteiger partial charge in [0.2, 0.25) is 0 Å². The van der Waals surface area contributed by atoms with Crippen LogP contribution in [0, 0.1) is 23.3 Å². The zero-order valence-electron chi connectivity index (χ0n) is 22.9. The molecule has 1 unspecified atom stereocenters. The summed E-state index contributed by atoms with van der Waals surface area (Å²) in [7, 11) is -2.57. The van der Waals surface area contributed by atoms with Gasteiger partial charge < -0.3 is 4.74 Å². The molecule has 0 fully saturated rings. The van der Waals surface area contributed by atoms with Crippen LogP contribution in [-0.2, 0) is 0 Å². The Hall–Kier alpha value is -3.95. The van der Waals surface area contributed by atoms with Gasteiger partial charge in [-0.2, -0.15) is 0 Å². The molecule has 1 aliphatic rings. The summed E-state index contributed by atoms with van der Waals surface area (Å²) in [6, 6.07) is 37.5. The van der Waals surface area contributed by atoms with E-state index in [0.29, 0.717) is 11.5 Å². The molecule has 7 rings (SSSR count). The first-order valence-corrected chi connectivity index (χ1v) is 17.2. The van der Waals surface area contributed by atoms with Gasteiger partial charge in [0.25, 0.3) is 0 Å². The van der Waals surface area contributed by atoms with Gasteiger partial charge in [-0.15, -0.1) is 0 Å². The van der Waals surface area contributed by atoms with E-state index >= 15 is 0 Å². The van der Waals surface area contributed by atoms with E-state index in [1.165, 1.54) is 48.5 Å². The number of benzene rings is 6. The van der Waals surface area contributed by atoms with E-state index in [4.69, 9.17) is 4.74 Å². The maximum atomic E-state index is 14.5. The van der Waals surface area contributed by atoms with Crippen LogP contribution in [0.15, 0.2) is 143 Å². The smallest absolute Gasteiger partial charge is 0.149 e. The molecule has 0 bridgehead atoms. The lowest BCUT2D eigenvalue weighted by Gasteiger charge is -2.30. The number of hydrogen-bond donors (Lipinski definition) is 0. The molecule has 0 N–H and O–H groups in total. The molecule has 1 atom stereocenters. The van der Waals surface area contributed by atoms with Crippen LogP contribution in [0.25, 0.3) is 0 Å². The Kier molecular flexibility index (Phi) is 7.99. The van der Waals surface area contributed by atoms with Crippen molar-refractivity contribution in [3.8, 4) is 11.5 Å². The second-order valence-corrected chi connectivity index (χ2v) is 15.4. The van der Waals surface area contributed by atoms with E-state index < -0.39 is 15.8 Å². The first-order valence-electron chi connectivity index (χ1n) is 13.7. The van der Waals surface area contributed by atoms with Crippen molar-refractivity contribution in [2.75, 3.05) is 0 Å². The molecule has 8 heteroatoms. The third-order valence-corrected chi connectivity index (χ3v) is 13.1. The van der Waals surface area contributed by atoms with Gasteiger partial charge in [0.1, 0.15) is 34.8 Å². The van der Waals surface area contributed by atoms with E-state index in [0.717, 1.165) is 41.6 Å². The lowest BCUT2D eigenvalue weighted by Crippen LogP contribution is -2.25. The minimum atomic E-state index is -1.32. The van der Waals surface area contributed by atoms with Crippen molar-refractivity contribution in [2.45, 2.75) is 9.79 Å². The molecule has 1 nitrogen and oxygen atoms in total. The topological polar surface area (TPSA) is 9.23 Å². The second-order valence-electron chi connectivity index (χ2n) is 9.99. The van der Waals surface area contributed by atoms with Crippen molar-refractivity contribution in [3.63, 3.8) is 0 Å². The highest BCUT2D eigenvalue weighted by molar-refractivity contribution is 7.99. The van der Waals surface area contributed by atoms with E-state index in [-0.39, 0.29) is 23.3 Å². The van der Waals surface area contributed by atoms with Gasteiger partial charge in [-0.25, -0.2) is 17.6 Å². The van der Waals surface area contributed by atoms with Gasteiger partial charge in [0, 0.05) is 10.6 Å². The zero-order valence-corrected chi connectivity index (χ0v) is 25.5. The maximum Gasteiger partial charge on any atom is 0.149 e. The van der Waals surface area contributed by atoms with E-state index in [2.05, 4.69) is 0 Å². The maximum absolute atomic E-state index is 14.5. The number of fused-ring (bicyclic) bond motifs is 2. The van der Waals surface area contributed by atoms with Crippen molar-refractivity contribution in [1.29, 1.82) is 0 Å². The van der Waals surface area contributed by atoms with Crippen LogP contribution in [0.2, 0.25) is 0 Å². The van der Waals surface area contributed by atoms with Crippen LogP contribution in [-0.4, -0.2) is 0 Å². The van der Waals surface area contributed by atoms with E-state index in [1.807, 2.05) is 42.5 Å². The van der Waals surface area contributed by atoms with Gasteiger partial charge in [0.15, 0.2) is 0 Å². The highest BCUT2D eigenvalue weighted by Gasteiger charge is 2.31. The van der Waals surface area contributed by atoms with Crippen molar-refractivity contribution >= 4 is 59.4 Å². The molecule has 0 spiro atoms. The van der Waals surface area contributed by atoms with Crippen molar-refractivity contribution < 1.29 is 22.3 Å². The van der Waals surface area contributed by atoms with Gasteiger partial charge in [-0.05, 0) is 97.7 Å².